The van der Waals surface area contributed by atoms with Gasteiger partial charge in [-0.3, -0.25) is 9.69 Å². The van der Waals surface area contributed by atoms with E-state index < -0.39 is 0 Å². The van der Waals surface area contributed by atoms with Gasteiger partial charge in [0.25, 0.3) is 0 Å². The third-order valence-corrected chi connectivity index (χ3v) is 3.43. The molecule has 0 radical (unpaired) electrons. The zero-order valence-electron chi connectivity index (χ0n) is 10.2. The molecule has 1 aliphatic rings. The van der Waals surface area contributed by atoms with Crippen LogP contribution in [0.25, 0.3) is 0 Å². The van der Waals surface area contributed by atoms with Crippen LogP contribution in [-0.2, 0) is 4.79 Å². The minimum absolute atomic E-state index is 0.101. The molecule has 88 valence electrons. The largest absolute Gasteiger partial charge is 0.338 e. The van der Waals surface area contributed by atoms with Crippen molar-refractivity contribution in [3.63, 3.8) is 0 Å². The molecule has 1 fully saturated rings. The molecule has 1 rings (SSSR count). The number of nitrogens with two attached hydrogens (primary N) is 1. The van der Waals surface area contributed by atoms with Crippen LogP contribution < -0.4 is 5.73 Å². The quantitative estimate of drug-likeness (QED) is 0.716. The second kappa shape index (κ2) is 4.94. The molecule has 0 unspecified atom stereocenters. The Morgan fingerprint density at radius 2 is 1.87 bits per heavy atom. The van der Waals surface area contributed by atoms with Crippen LogP contribution in [0.5, 0.6) is 0 Å². The number of nitrogens with zero attached hydrogens (tertiary/aromatic N) is 2. The van der Waals surface area contributed by atoms with Crippen LogP contribution in [0.2, 0.25) is 0 Å². The minimum Gasteiger partial charge on any atom is -0.338 e. The lowest BCUT2D eigenvalue weighted by Crippen LogP contribution is -2.59. The van der Waals surface area contributed by atoms with E-state index in [0.717, 1.165) is 13.1 Å². The Labute approximate surface area is 92.4 Å². The minimum atomic E-state index is -0.326. The van der Waals surface area contributed by atoms with Crippen LogP contribution in [-0.4, -0.2) is 54.0 Å². The monoisotopic (exact) mass is 213 g/mol. The van der Waals surface area contributed by atoms with Crippen LogP contribution in [0.15, 0.2) is 0 Å². The summed E-state index contributed by atoms with van der Waals surface area (Å²) in [5.41, 5.74) is 5.77. The smallest absolute Gasteiger partial charge is 0.239 e. The number of amides is 1. The number of carbonyl (C=O) groups excluding carboxylic acids is 1. The molecule has 1 saturated heterocycles. The Balaban J connectivity index is 2.61. The summed E-state index contributed by atoms with van der Waals surface area (Å²) in [5, 5.41) is 0. The van der Waals surface area contributed by atoms with Gasteiger partial charge in [0, 0.05) is 25.2 Å². The molecule has 0 aromatic heterocycles. The summed E-state index contributed by atoms with van der Waals surface area (Å²) in [4.78, 5) is 16.1. The molecule has 3 atom stereocenters. The highest BCUT2D eigenvalue weighted by atomic mass is 16.2. The molecular formula is C11H23N3O. The first-order valence-corrected chi connectivity index (χ1v) is 5.73. The Kier molecular flexibility index (Phi) is 4.11. The zero-order chi connectivity index (χ0) is 11.6. The number of rotatable bonds is 2. The van der Waals surface area contributed by atoms with E-state index in [2.05, 4.69) is 25.8 Å². The average Bonchev–Trinajstić information content (AvgIpc) is 2.23. The van der Waals surface area contributed by atoms with Crippen LogP contribution in [0.4, 0.5) is 0 Å². The van der Waals surface area contributed by atoms with E-state index in [1.54, 1.807) is 0 Å². The van der Waals surface area contributed by atoms with E-state index >= 15 is 0 Å². The maximum Gasteiger partial charge on any atom is 0.239 e. The molecule has 2 N–H and O–H groups in total. The number of carbonyl (C=O) groups is 1. The molecule has 4 nitrogen and oxygen atoms in total. The molecule has 0 aromatic rings. The second-order valence-electron chi connectivity index (χ2n) is 4.62. The summed E-state index contributed by atoms with van der Waals surface area (Å²) in [7, 11) is 2.11. The summed E-state index contributed by atoms with van der Waals surface area (Å²) in [6, 6.07) is 0.510. The van der Waals surface area contributed by atoms with E-state index in [4.69, 9.17) is 5.73 Å². The first kappa shape index (κ1) is 12.5. The molecule has 15 heavy (non-hydrogen) atoms. The third-order valence-electron chi connectivity index (χ3n) is 3.43. The average molecular weight is 213 g/mol. The van der Waals surface area contributed by atoms with Crippen molar-refractivity contribution in [2.75, 3.05) is 20.1 Å². The Morgan fingerprint density at radius 3 is 2.27 bits per heavy atom. The molecule has 0 aliphatic carbocycles. The maximum atomic E-state index is 11.9. The van der Waals surface area contributed by atoms with Gasteiger partial charge in [0.1, 0.15) is 0 Å². The van der Waals surface area contributed by atoms with Crippen molar-refractivity contribution in [2.45, 2.75) is 45.3 Å². The van der Waals surface area contributed by atoms with Gasteiger partial charge >= 0.3 is 0 Å². The fourth-order valence-corrected chi connectivity index (χ4v) is 1.99. The van der Waals surface area contributed by atoms with E-state index in [1.807, 2.05) is 11.8 Å². The van der Waals surface area contributed by atoms with Crippen LogP contribution >= 0.6 is 0 Å². The van der Waals surface area contributed by atoms with Crippen molar-refractivity contribution < 1.29 is 4.79 Å². The van der Waals surface area contributed by atoms with Crippen LogP contribution in [0.1, 0.15) is 27.2 Å². The molecule has 1 aliphatic heterocycles. The summed E-state index contributed by atoms with van der Waals surface area (Å²) in [6.07, 6.45) is 0.716. The fraction of sp³-hybridized carbons (Fsp3) is 0.909. The van der Waals surface area contributed by atoms with Crippen molar-refractivity contribution in [1.29, 1.82) is 0 Å². The van der Waals surface area contributed by atoms with Gasteiger partial charge in [0.15, 0.2) is 0 Å². The highest BCUT2D eigenvalue weighted by Crippen LogP contribution is 2.14. The first-order valence-electron chi connectivity index (χ1n) is 5.73. The van der Waals surface area contributed by atoms with Crippen molar-refractivity contribution in [3.05, 3.63) is 0 Å². The normalized spacial score (nSPS) is 30.3. The van der Waals surface area contributed by atoms with E-state index in [9.17, 15) is 4.79 Å². The predicted octanol–water partition coefficient (Wildman–Crippen LogP) is 0.275. The summed E-state index contributed by atoms with van der Waals surface area (Å²) >= 11 is 0. The Hall–Kier alpha value is -0.610. The van der Waals surface area contributed by atoms with Crippen LogP contribution in [0.3, 0.4) is 0 Å². The lowest BCUT2D eigenvalue weighted by atomic mass is 10.1. The van der Waals surface area contributed by atoms with Gasteiger partial charge in [-0.05, 0) is 27.3 Å². The molecule has 1 heterocycles. The standard InChI is InChI=1S/C11H23N3O/c1-5-10(12)11(15)14-6-8(2)13(4)9(3)7-14/h8-10H,5-7,12H2,1-4H3/t8-,9+,10-/m0/s1. The van der Waals surface area contributed by atoms with Crippen LogP contribution in [0, 0.1) is 0 Å². The molecule has 0 aromatic carbocycles. The highest BCUT2D eigenvalue weighted by Gasteiger charge is 2.30. The number of hydrogen-bond acceptors (Lipinski definition) is 3. The van der Waals surface area contributed by atoms with Gasteiger partial charge in [-0.15, -0.1) is 0 Å². The first-order chi connectivity index (χ1) is 6.97. The van der Waals surface area contributed by atoms with Gasteiger partial charge in [-0.1, -0.05) is 6.92 Å². The predicted molar refractivity (Wildman–Crippen MR) is 61.5 cm³/mol. The van der Waals surface area contributed by atoms with E-state index in [0.29, 0.717) is 18.5 Å². The van der Waals surface area contributed by atoms with Gasteiger partial charge in [-0.2, -0.15) is 0 Å². The van der Waals surface area contributed by atoms with Crippen molar-refractivity contribution in [2.24, 2.45) is 5.73 Å². The fourth-order valence-electron chi connectivity index (χ4n) is 1.99. The highest BCUT2D eigenvalue weighted by molar-refractivity contribution is 5.81. The maximum absolute atomic E-state index is 11.9. The van der Waals surface area contributed by atoms with Gasteiger partial charge < -0.3 is 10.6 Å². The SMILES string of the molecule is CC[C@H](N)C(=O)N1C[C@@H](C)N(C)[C@@H](C)C1. The lowest BCUT2D eigenvalue weighted by molar-refractivity contribution is -0.136. The van der Waals surface area contributed by atoms with Crippen molar-refractivity contribution >= 4 is 5.91 Å². The summed E-state index contributed by atoms with van der Waals surface area (Å²) in [6.45, 7) is 7.84. The van der Waals surface area contributed by atoms with Crippen molar-refractivity contribution in [3.8, 4) is 0 Å². The molecule has 0 spiro atoms. The molecule has 0 bridgehead atoms. The Morgan fingerprint density at radius 1 is 1.40 bits per heavy atom. The number of piperazine rings is 1. The number of hydrogen-bond donors (Lipinski definition) is 1. The molecule has 0 saturated carbocycles. The van der Waals surface area contributed by atoms with Gasteiger partial charge in [-0.25, -0.2) is 0 Å². The third kappa shape index (κ3) is 2.69. The second-order valence-corrected chi connectivity index (χ2v) is 4.62. The molecular weight excluding hydrogens is 190 g/mol. The Bertz CT molecular complexity index is 220. The molecule has 4 heteroatoms. The zero-order valence-corrected chi connectivity index (χ0v) is 10.2. The summed E-state index contributed by atoms with van der Waals surface area (Å²) in [5.74, 6) is 0.101. The van der Waals surface area contributed by atoms with Gasteiger partial charge in [0.05, 0.1) is 6.04 Å². The summed E-state index contributed by atoms with van der Waals surface area (Å²) < 4.78 is 0. The van der Waals surface area contributed by atoms with Crippen molar-refractivity contribution in [1.82, 2.24) is 9.80 Å². The van der Waals surface area contributed by atoms with E-state index in [1.165, 1.54) is 0 Å². The molecule has 1 amide bonds. The van der Waals surface area contributed by atoms with Gasteiger partial charge in [0.2, 0.25) is 5.91 Å². The lowest BCUT2D eigenvalue weighted by Gasteiger charge is -2.43. The number of likely N-dealkylation sites (N-methyl/N-ethyl adjacent to an activating group) is 1. The van der Waals surface area contributed by atoms with E-state index in [-0.39, 0.29) is 11.9 Å². The topological polar surface area (TPSA) is 49.6 Å².